The summed E-state index contributed by atoms with van der Waals surface area (Å²) in [6, 6.07) is 6.51. The molecule has 1 fully saturated rings. The summed E-state index contributed by atoms with van der Waals surface area (Å²) in [4.78, 5) is 16.1. The summed E-state index contributed by atoms with van der Waals surface area (Å²) in [5.41, 5.74) is 0.107. The highest BCUT2D eigenvalue weighted by atomic mass is 16.3. The maximum atomic E-state index is 12.4. The molecular formula is C15H19N3O3. The van der Waals surface area contributed by atoms with E-state index < -0.39 is 0 Å². The lowest BCUT2D eigenvalue weighted by molar-refractivity contribution is 0.0601. The van der Waals surface area contributed by atoms with Crippen LogP contribution in [0.3, 0.4) is 0 Å². The highest BCUT2D eigenvalue weighted by Crippen LogP contribution is 2.29. The van der Waals surface area contributed by atoms with Crippen molar-refractivity contribution in [2.45, 2.75) is 19.4 Å². The van der Waals surface area contributed by atoms with E-state index >= 15 is 0 Å². The number of nitrogens with zero attached hydrogens (tertiary/aromatic N) is 3. The molecule has 2 N–H and O–H groups in total. The van der Waals surface area contributed by atoms with E-state index in [0.717, 1.165) is 6.42 Å². The van der Waals surface area contributed by atoms with Gasteiger partial charge in [0.2, 0.25) is 0 Å². The minimum atomic E-state index is -0.381. The fraction of sp³-hybridized carbons (Fsp3) is 0.467. The zero-order valence-corrected chi connectivity index (χ0v) is 12.0. The first kappa shape index (κ1) is 15.1. The third-order valence-corrected chi connectivity index (χ3v) is 3.82. The quantitative estimate of drug-likeness (QED) is 0.815. The summed E-state index contributed by atoms with van der Waals surface area (Å²) < 4.78 is 0. The van der Waals surface area contributed by atoms with Crippen LogP contribution in [0.25, 0.3) is 0 Å². The van der Waals surface area contributed by atoms with Gasteiger partial charge in [-0.15, -0.1) is 0 Å². The van der Waals surface area contributed by atoms with Crippen molar-refractivity contribution in [3.8, 4) is 17.6 Å². The molecule has 0 bridgehead atoms. The molecule has 2 rings (SSSR count). The molecule has 112 valence electrons. The number of phenols is 2. The first-order chi connectivity index (χ1) is 10.1. The normalized spacial score (nSPS) is 17.2. The van der Waals surface area contributed by atoms with E-state index in [0.29, 0.717) is 26.2 Å². The fourth-order valence-electron chi connectivity index (χ4n) is 2.54. The van der Waals surface area contributed by atoms with Gasteiger partial charge in [0.05, 0.1) is 17.7 Å². The molecule has 6 nitrogen and oxygen atoms in total. The van der Waals surface area contributed by atoms with Crippen molar-refractivity contribution in [3.05, 3.63) is 23.8 Å². The van der Waals surface area contributed by atoms with Crippen molar-refractivity contribution in [2.75, 3.05) is 26.2 Å². The number of benzene rings is 1. The Morgan fingerprint density at radius 1 is 1.33 bits per heavy atom. The summed E-state index contributed by atoms with van der Waals surface area (Å²) in [6.07, 6.45) is 0.762. The van der Waals surface area contributed by atoms with Crippen LogP contribution in [0.4, 0.5) is 0 Å². The summed E-state index contributed by atoms with van der Waals surface area (Å²) >= 11 is 0. The average molecular weight is 289 g/mol. The predicted molar refractivity (Wildman–Crippen MR) is 76.9 cm³/mol. The van der Waals surface area contributed by atoms with Crippen molar-refractivity contribution in [3.63, 3.8) is 0 Å². The van der Waals surface area contributed by atoms with E-state index in [9.17, 15) is 15.0 Å². The molecule has 1 aromatic carbocycles. The molecule has 0 spiro atoms. The van der Waals surface area contributed by atoms with Gasteiger partial charge in [0, 0.05) is 26.2 Å². The molecule has 1 unspecified atom stereocenters. The number of carbonyl (C=O) groups is 1. The largest absolute Gasteiger partial charge is 0.504 e. The van der Waals surface area contributed by atoms with Crippen LogP contribution in [-0.2, 0) is 0 Å². The monoisotopic (exact) mass is 289 g/mol. The van der Waals surface area contributed by atoms with Gasteiger partial charge in [-0.1, -0.05) is 13.0 Å². The molecule has 1 aliphatic rings. The van der Waals surface area contributed by atoms with Gasteiger partial charge in [-0.2, -0.15) is 5.26 Å². The van der Waals surface area contributed by atoms with Gasteiger partial charge in [-0.3, -0.25) is 9.69 Å². The lowest BCUT2D eigenvalue weighted by Gasteiger charge is -2.36. The number of para-hydroxylation sites is 1. The van der Waals surface area contributed by atoms with Gasteiger partial charge in [0.1, 0.15) is 0 Å². The maximum absolute atomic E-state index is 12.4. The Labute approximate surface area is 123 Å². The Bertz CT molecular complexity index is 560. The Kier molecular flexibility index (Phi) is 4.66. The van der Waals surface area contributed by atoms with Crippen LogP contribution in [0.15, 0.2) is 18.2 Å². The molecule has 6 heteroatoms. The third-order valence-electron chi connectivity index (χ3n) is 3.82. The Balaban J connectivity index is 2.04. The molecule has 21 heavy (non-hydrogen) atoms. The number of rotatable bonds is 3. The molecule has 0 radical (unpaired) electrons. The maximum Gasteiger partial charge on any atom is 0.257 e. The Morgan fingerprint density at radius 3 is 2.57 bits per heavy atom. The average Bonchev–Trinajstić information content (AvgIpc) is 2.51. The topological polar surface area (TPSA) is 87.8 Å². The third kappa shape index (κ3) is 3.09. The molecule has 1 heterocycles. The van der Waals surface area contributed by atoms with Gasteiger partial charge >= 0.3 is 0 Å². The van der Waals surface area contributed by atoms with Crippen LogP contribution in [0.1, 0.15) is 23.7 Å². The second-order valence-electron chi connectivity index (χ2n) is 5.05. The van der Waals surface area contributed by atoms with E-state index in [4.69, 9.17) is 5.26 Å². The molecule has 1 aliphatic heterocycles. The minimum absolute atomic E-state index is 0.107. The highest BCUT2D eigenvalue weighted by molar-refractivity contribution is 5.97. The van der Waals surface area contributed by atoms with Gasteiger partial charge in [0.15, 0.2) is 11.5 Å². The second-order valence-corrected chi connectivity index (χ2v) is 5.05. The summed E-state index contributed by atoms with van der Waals surface area (Å²) in [7, 11) is 0. The van der Waals surface area contributed by atoms with Gasteiger partial charge in [-0.05, 0) is 18.6 Å². The zero-order valence-electron chi connectivity index (χ0n) is 12.0. The first-order valence-electron chi connectivity index (χ1n) is 7.02. The molecule has 0 aliphatic carbocycles. The van der Waals surface area contributed by atoms with E-state index in [1.807, 2.05) is 6.92 Å². The lowest BCUT2D eigenvalue weighted by atomic mass is 10.1. The van der Waals surface area contributed by atoms with Crippen LogP contribution in [0.5, 0.6) is 11.5 Å². The molecular weight excluding hydrogens is 270 g/mol. The van der Waals surface area contributed by atoms with Crippen LogP contribution in [-0.4, -0.2) is 58.1 Å². The summed E-state index contributed by atoms with van der Waals surface area (Å²) in [5, 5.41) is 28.3. The van der Waals surface area contributed by atoms with Gasteiger partial charge in [0.25, 0.3) is 5.91 Å². The van der Waals surface area contributed by atoms with E-state index in [1.54, 1.807) is 4.90 Å². The number of phenolic OH excluding ortho intramolecular Hbond substituents is 2. The summed E-state index contributed by atoms with van der Waals surface area (Å²) in [6.45, 7) is 4.25. The smallest absolute Gasteiger partial charge is 0.257 e. The highest BCUT2D eigenvalue weighted by Gasteiger charge is 2.27. The molecule has 1 amide bonds. The first-order valence-corrected chi connectivity index (χ1v) is 7.02. The standard InChI is InChI=1S/C15H19N3O3/c1-2-11(10-16)17-6-8-18(9-7-17)15(21)12-4-3-5-13(19)14(12)20/h3-5,11,19-20H,2,6-9H2,1H3. The molecule has 1 aromatic rings. The Hall–Kier alpha value is -2.26. The number of hydrogen-bond donors (Lipinski definition) is 2. The van der Waals surface area contributed by atoms with Crippen LogP contribution in [0, 0.1) is 11.3 Å². The van der Waals surface area contributed by atoms with Crippen molar-refractivity contribution < 1.29 is 15.0 Å². The number of hydrogen-bond acceptors (Lipinski definition) is 5. The number of amides is 1. The van der Waals surface area contributed by atoms with Crippen LogP contribution in [0.2, 0.25) is 0 Å². The van der Waals surface area contributed by atoms with Crippen LogP contribution >= 0.6 is 0 Å². The predicted octanol–water partition coefficient (Wildman–Crippen LogP) is 1.16. The molecule has 1 atom stereocenters. The number of aromatic hydroxyl groups is 2. The Morgan fingerprint density at radius 2 is 2.00 bits per heavy atom. The molecule has 0 aromatic heterocycles. The number of nitriles is 1. The molecule has 1 saturated heterocycles. The van der Waals surface area contributed by atoms with Crippen molar-refractivity contribution in [1.29, 1.82) is 5.26 Å². The van der Waals surface area contributed by atoms with E-state index in [2.05, 4.69) is 11.0 Å². The van der Waals surface area contributed by atoms with Crippen molar-refractivity contribution in [1.82, 2.24) is 9.80 Å². The van der Waals surface area contributed by atoms with Crippen molar-refractivity contribution in [2.24, 2.45) is 0 Å². The zero-order chi connectivity index (χ0) is 15.4. The van der Waals surface area contributed by atoms with Gasteiger partial charge in [-0.25, -0.2) is 0 Å². The minimum Gasteiger partial charge on any atom is -0.504 e. The van der Waals surface area contributed by atoms with E-state index in [-0.39, 0.29) is 29.0 Å². The van der Waals surface area contributed by atoms with Crippen molar-refractivity contribution >= 4 is 5.91 Å². The second kappa shape index (κ2) is 6.46. The fourth-order valence-corrected chi connectivity index (χ4v) is 2.54. The number of piperazine rings is 1. The summed E-state index contributed by atoms with van der Waals surface area (Å²) in [5.74, 6) is -0.976. The molecule has 0 saturated carbocycles. The van der Waals surface area contributed by atoms with Gasteiger partial charge < -0.3 is 15.1 Å². The SMILES string of the molecule is CCC(C#N)N1CCN(C(=O)c2cccc(O)c2O)CC1. The number of carbonyl (C=O) groups excluding carboxylic acids is 1. The van der Waals surface area contributed by atoms with E-state index in [1.165, 1.54) is 18.2 Å². The van der Waals surface area contributed by atoms with Crippen LogP contribution < -0.4 is 0 Å². The lowest BCUT2D eigenvalue weighted by Crippen LogP contribution is -2.51.